The van der Waals surface area contributed by atoms with E-state index >= 15 is 0 Å². The summed E-state index contributed by atoms with van der Waals surface area (Å²) in [7, 11) is 0. The fraction of sp³-hybridized carbons (Fsp3) is 0.364. The van der Waals surface area contributed by atoms with Crippen molar-refractivity contribution in [3.63, 3.8) is 0 Å². The predicted molar refractivity (Wildman–Crippen MR) is 62.9 cm³/mol. The monoisotopic (exact) mass is 243 g/mol. The third-order valence-electron chi connectivity index (χ3n) is 2.85. The average molecular weight is 244 g/mol. The summed E-state index contributed by atoms with van der Waals surface area (Å²) in [5.74, 6) is 0.123. The molecule has 2 nitrogen and oxygen atoms in total. The Morgan fingerprint density at radius 3 is 2.53 bits per heavy atom. The quantitative estimate of drug-likeness (QED) is 0.710. The van der Waals surface area contributed by atoms with Crippen molar-refractivity contribution in [3.8, 4) is 0 Å². The van der Waals surface area contributed by atoms with Crippen molar-refractivity contribution in [1.82, 2.24) is 0 Å². The maximum Gasteiger partial charge on any atom is 0.163 e. The van der Waals surface area contributed by atoms with Crippen LogP contribution in [0.15, 0.2) is 0 Å². The Bertz CT molecular complexity index is 455. The lowest BCUT2D eigenvalue weighted by molar-refractivity contribution is 0.0972. The zero-order chi connectivity index (χ0) is 11.2. The molecule has 0 aromatic heterocycles. The second kappa shape index (κ2) is 3.69. The van der Waals surface area contributed by atoms with Gasteiger partial charge < -0.3 is 5.73 Å². The van der Waals surface area contributed by atoms with Crippen molar-refractivity contribution < 1.29 is 4.79 Å². The van der Waals surface area contributed by atoms with Gasteiger partial charge in [0, 0.05) is 12.0 Å². The van der Waals surface area contributed by atoms with Crippen molar-refractivity contribution in [2.24, 2.45) is 0 Å². The van der Waals surface area contributed by atoms with Crippen LogP contribution in [0.2, 0.25) is 10.0 Å². The molecule has 0 saturated heterocycles. The van der Waals surface area contributed by atoms with Gasteiger partial charge in [0.1, 0.15) is 0 Å². The number of ketones is 1. The molecule has 4 heteroatoms. The van der Waals surface area contributed by atoms with E-state index in [-0.39, 0.29) is 5.78 Å². The van der Waals surface area contributed by atoms with E-state index < -0.39 is 0 Å². The lowest BCUT2D eigenvalue weighted by Gasteiger charge is -2.20. The molecular formula is C11H11Cl2NO. The van der Waals surface area contributed by atoms with Crippen LogP contribution in [-0.2, 0) is 6.42 Å². The van der Waals surface area contributed by atoms with Gasteiger partial charge in [0.25, 0.3) is 0 Å². The standard InChI is InChI=1S/C11H11Cl2NO/c1-5-8-6(3-2-4-7(8)15)10(13)11(14)9(5)12/h2-4,14H2,1H3. The maximum atomic E-state index is 11.8. The molecule has 1 aliphatic carbocycles. The van der Waals surface area contributed by atoms with Crippen LogP contribution in [0, 0.1) is 6.92 Å². The van der Waals surface area contributed by atoms with Gasteiger partial charge in [0.2, 0.25) is 0 Å². The van der Waals surface area contributed by atoms with Gasteiger partial charge in [-0.25, -0.2) is 0 Å². The summed E-state index contributed by atoms with van der Waals surface area (Å²) in [6.07, 6.45) is 2.22. The number of carbonyl (C=O) groups is 1. The number of fused-ring (bicyclic) bond motifs is 1. The van der Waals surface area contributed by atoms with E-state index in [1.165, 1.54) is 0 Å². The van der Waals surface area contributed by atoms with Gasteiger partial charge in [-0.15, -0.1) is 0 Å². The smallest absolute Gasteiger partial charge is 0.163 e. The van der Waals surface area contributed by atoms with Crippen LogP contribution < -0.4 is 5.73 Å². The molecular weight excluding hydrogens is 233 g/mol. The van der Waals surface area contributed by atoms with Crippen molar-refractivity contribution in [1.29, 1.82) is 0 Å². The summed E-state index contributed by atoms with van der Waals surface area (Å²) >= 11 is 12.1. The molecule has 0 bridgehead atoms. The Hall–Kier alpha value is -0.730. The number of benzene rings is 1. The van der Waals surface area contributed by atoms with E-state index in [9.17, 15) is 4.79 Å². The third kappa shape index (κ3) is 1.52. The second-order valence-corrected chi connectivity index (χ2v) is 4.55. The van der Waals surface area contributed by atoms with Gasteiger partial charge in [-0.2, -0.15) is 0 Å². The Labute approximate surface area is 98.4 Å². The second-order valence-electron chi connectivity index (χ2n) is 3.80. The fourth-order valence-corrected chi connectivity index (χ4v) is 2.59. The summed E-state index contributed by atoms with van der Waals surface area (Å²) in [5, 5.41) is 0.864. The first-order valence-electron chi connectivity index (χ1n) is 4.83. The summed E-state index contributed by atoms with van der Waals surface area (Å²) in [6.45, 7) is 1.82. The van der Waals surface area contributed by atoms with Crippen LogP contribution >= 0.6 is 23.2 Å². The van der Waals surface area contributed by atoms with Gasteiger partial charge in [0.05, 0.1) is 15.7 Å². The number of Topliss-reactive ketones (excluding diaryl/α,β-unsaturated/α-hetero) is 1. The molecule has 80 valence electrons. The number of hydrogen-bond donors (Lipinski definition) is 1. The third-order valence-corrected chi connectivity index (χ3v) is 3.77. The van der Waals surface area contributed by atoms with Gasteiger partial charge in [-0.3, -0.25) is 4.79 Å². The van der Waals surface area contributed by atoms with Crippen LogP contribution in [0.1, 0.15) is 34.3 Å². The topological polar surface area (TPSA) is 43.1 Å². The zero-order valence-electron chi connectivity index (χ0n) is 8.36. The van der Waals surface area contributed by atoms with Crippen molar-refractivity contribution in [2.75, 3.05) is 5.73 Å². The van der Waals surface area contributed by atoms with Crippen molar-refractivity contribution >= 4 is 34.7 Å². The Morgan fingerprint density at radius 2 is 1.87 bits per heavy atom. The number of carbonyl (C=O) groups excluding carboxylic acids is 1. The predicted octanol–water partition coefficient (Wildman–Crippen LogP) is 3.40. The molecule has 0 spiro atoms. The normalized spacial score (nSPS) is 15.3. The molecule has 1 aromatic carbocycles. The zero-order valence-corrected chi connectivity index (χ0v) is 9.87. The molecule has 1 aliphatic rings. The van der Waals surface area contributed by atoms with Crippen LogP contribution in [0.4, 0.5) is 5.69 Å². The van der Waals surface area contributed by atoms with Crippen LogP contribution in [0.25, 0.3) is 0 Å². The molecule has 0 atom stereocenters. The Kier molecular flexibility index (Phi) is 2.65. The molecule has 0 unspecified atom stereocenters. The number of halogens is 2. The molecule has 0 saturated carbocycles. The first kappa shape index (κ1) is 10.8. The van der Waals surface area contributed by atoms with Crippen molar-refractivity contribution in [3.05, 3.63) is 26.7 Å². The van der Waals surface area contributed by atoms with Gasteiger partial charge in [-0.1, -0.05) is 23.2 Å². The minimum atomic E-state index is 0.123. The van der Waals surface area contributed by atoms with E-state index in [1.54, 1.807) is 0 Å². The Morgan fingerprint density at radius 1 is 1.20 bits per heavy atom. The molecule has 0 fully saturated rings. The summed E-state index contributed by atoms with van der Waals surface area (Å²) in [4.78, 5) is 11.8. The number of rotatable bonds is 0. The number of hydrogen-bond acceptors (Lipinski definition) is 2. The molecule has 15 heavy (non-hydrogen) atoms. The van der Waals surface area contributed by atoms with Crippen LogP contribution in [0.3, 0.4) is 0 Å². The average Bonchev–Trinajstić information content (AvgIpc) is 2.23. The van der Waals surface area contributed by atoms with E-state index in [0.717, 1.165) is 24.0 Å². The molecule has 0 heterocycles. The van der Waals surface area contributed by atoms with Crippen LogP contribution in [-0.4, -0.2) is 5.78 Å². The summed E-state index contributed by atoms with van der Waals surface area (Å²) in [5.41, 5.74) is 8.49. The van der Waals surface area contributed by atoms with E-state index in [4.69, 9.17) is 28.9 Å². The van der Waals surface area contributed by atoms with Crippen LogP contribution in [0.5, 0.6) is 0 Å². The SMILES string of the molecule is Cc1c(Cl)c(N)c(Cl)c2c1C(=O)CCC2. The fourth-order valence-electron chi connectivity index (χ4n) is 2.07. The molecule has 1 aromatic rings. The first-order chi connectivity index (χ1) is 7.04. The number of anilines is 1. The lowest BCUT2D eigenvalue weighted by atomic mass is 9.87. The molecule has 2 N–H and O–H groups in total. The largest absolute Gasteiger partial charge is 0.396 e. The van der Waals surface area contributed by atoms with Gasteiger partial charge in [0.15, 0.2) is 5.78 Å². The minimum absolute atomic E-state index is 0.123. The Balaban J connectivity index is 2.80. The maximum absolute atomic E-state index is 11.8. The van der Waals surface area contributed by atoms with E-state index in [1.807, 2.05) is 6.92 Å². The van der Waals surface area contributed by atoms with Crippen molar-refractivity contribution in [2.45, 2.75) is 26.2 Å². The molecule has 2 rings (SSSR count). The lowest BCUT2D eigenvalue weighted by Crippen LogP contribution is -2.14. The highest BCUT2D eigenvalue weighted by Gasteiger charge is 2.25. The summed E-state index contributed by atoms with van der Waals surface area (Å²) < 4.78 is 0. The van der Waals surface area contributed by atoms with Gasteiger partial charge in [-0.05, 0) is 30.9 Å². The molecule has 0 amide bonds. The summed E-state index contributed by atoms with van der Waals surface area (Å²) in [6, 6.07) is 0. The van der Waals surface area contributed by atoms with Gasteiger partial charge >= 0.3 is 0 Å². The first-order valence-corrected chi connectivity index (χ1v) is 5.58. The highest BCUT2D eigenvalue weighted by atomic mass is 35.5. The number of nitrogens with two attached hydrogens (primary N) is 1. The minimum Gasteiger partial charge on any atom is -0.396 e. The van der Waals surface area contributed by atoms with E-state index in [0.29, 0.717) is 27.7 Å². The number of nitrogen functional groups attached to an aromatic ring is 1. The molecule has 0 radical (unpaired) electrons. The highest BCUT2D eigenvalue weighted by molar-refractivity contribution is 6.40. The van der Waals surface area contributed by atoms with E-state index in [2.05, 4.69) is 0 Å². The highest BCUT2D eigenvalue weighted by Crippen LogP contribution is 2.40. The molecule has 0 aliphatic heterocycles.